The number of hydrogen-bond donors (Lipinski definition) is 2. The fraction of sp³-hybridized carbons (Fsp3) is 0.261. The van der Waals surface area contributed by atoms with Gasteiger partial charge in [-0.2, -0.15) is 0 Å². The molecule has 150 valence electrons. The molecule has 0 fully saturated rings. The van der Waals surface area contributed by atoms with Gasteiger partial charge in [0.25, 0.3) is 5.91 Å². The Balaban J connectivity index is 1.99. The lowest BCUT2D eigenvalue weighted by Gasteiger charge is -2.15. The molecule has 1 aromatic heterocycles. The van der Waals surface area contributed by atoms with Crippen LogP contribution in [0.25, 0.3) is 11.3 Å². The van der Waals surface area contributed by atoms with Crippen molar-refractivity contribution in [1.82, 2.24) is 9.97 Å². The minimum atomic E-state index is -0.539. The number of carbonyl (C=O) groups excluding carboxylic acids is 1. The van der Waals surface area contributed by atoms with Crippen molar-refractivity contribution in [1.29, 1.82) is 0 Å². The Morgan fingerprint density at radius 3 is 2.38 bits per heavy atom. The molecule has 0 saturated carbocycles. The van der Waals surface area contributed by atoms with Gasteiger partial charge < -0.3 is 15.8 Å². The van der Waals surface area contributed by atoms with Crippen LogP contribution < -0.4 is 15.8 Å². The van der Waals surface area contributed by atoms with Gasteiger partial charge in [-0.25, -0.2) is 9.97 Å². The number of amides is 1. The maximum atomic E-state index is 11.9. The standard InChI is InChI=1S/C23H26N4O2/c1-13(2)29-20-7-6-17(11-19(20)22(24)28)21-16(5)12-25-23(27-21)26-18-9-14(3)8-15(4)10-18/h6-13H,1-5H3,(H2,24,28)(H,25,26,27). The van der Waals surface area contributed by atoms with Crippen LogP contribution in [0.15, 0.2) is 42.6 Å². The lowest BCUT2D eigenvalue weighted by atomic mass is 10.0. The van der Waals surface area contributed by atoms with E-state index in [9.17, 15) is 4.79 Å². The summed E-state index contributed by atoms with van der Waals surface area (Å²) in [5, 5.41) is 3.26. The number of aryl methyl sites for hydroxylation is 3. The highest BCUT2D eigenvalue weighted by molar-refractivity contribution is 5.97. The Morgan fingerprint density at radius 1 is 1.07 bits per heavy atom. The second kappa shape index (κ2) is 8.31. The van der Waals surface area contributed by atoms with Crippen molar-refractivity contribution in [2.24, 2.45) is 5.73 Å². The summed E-state index contributed by atoms with van der Waals surface area (Å²) in [7, 11) is 0. The summed E-state index contributed by atoms with van der Waals surface area (Å²) in [5.41, 5.74) is 11.5. The van der Waals surface area contributed by atoms with E-state index in [0.29, 0.717) is 17.3 Å². The predicted octanol–water partition coefficient (Wildman–Crippen LogP) is 4.70. The summed E-state index contributed by atoms with van der Waals surface area (Å²) in [6.45, 7) is 9.83. The smallest absolute Gasteiger partial charge is 0.252 e. The molecule has 1 amide bonds. The van der Waals surface area contributed by atoms with Crippen LogP contribution in [0.3, 0.4) is 0 Å². The van der Waals surface area contributed by atoms with Crippen molar-refractivity contribution in [3.05, 3.63) is 64.8 Å². The Kier molecular flexibility index (Phi) is 5.82. The minimum Gasteiger partial charge on any atom is -0.490 e. The molecule has 3 aromatic rings. The van der Waals surface area contributed by atoms with Crippen LogP contribution >= 0.6 is 0 Å². The molecule has 0 unspecified atom stereocenters. The van der Waals surface area contributed by atoms with Crippen LogP contribution in [0.1, 0.15) is 40.9 Å². The van der Waals surface area contributed by atoms with E-state index in [1.54, 1.807) is 18.3 Å². The number of nitrogens with two attached hydrogens (primary N) is 1. The molecule has 29 heavy (non-hydrogen) atoms. The average Bonchev–Trinajstić information content (AvgIpc) is 2.62. The van der Waals surface area contributed by atoms with E-state index in [-0.39, 0.29) is 6.10 Å². The maximum Gasteiger partial charge on any atom is 0.252 e. The molecule has 1 heterocycles. The van der Waals surface area contributed by atoms with E-state index < -0.39 is 5.91 Å². The molecule has 0 aliphatic heterocycles. The number of hydrogen-bond acceptors (Lipinski definition) is 5. The monoisotopic (exact) mass is 390 g/mol. The number of rotatable bonds is 6. The number of carbonyl (C=O) groups is 1. The molecule has 3 rings (SSSR count). The molecule has 0 aliphatic carbocycles. The average molecular weight is 390 g/mol. The van der Waals surface area contributed by atoms with Gasteiger partial charge in [0.2, 0.25) is 5.95 Å². The first-order valence-electron chi connectivity index (χ1n) is 9.53. The van der Waals surface area contributed by atoms with Crippen molar-refractivity contribution < 1.29 is 9.53 Å². The predicted molar refractivity (Wildman–Crippen MR) is 116 cm³/mol. The van der Waals surface area contributed by atoms with E-state index in [4.69, 9.17) is 10.5 Å². The first-order chi connectivity index (χ1) is 13.7. The van der Waals surface area contributed by atoms with Crippen LogP contribution in [0.4, 0.5) is 11.6 Å². The van der Waals surface area contributed by atoms with Gasteiger partial charge in [-0.1, -0.05) is 6.07 Å². The third kappa shape index (κ3) is 4.90. The number of aromatic nitrogens is 2. The molecule has 0 spiro atoms. The molecule has 6 heteroatoms. The quantitative estimate of drug-likeness (QED) is 0.637. The molecular weight excluding hydrogens is 364 g/mol. The van der Waals surface area contributed by atoms with Crippen LogP contribution in [-0.4, -0.2) is 22.0 Å². The summed E-state index contributed by atoms with van der Waals surface area (Å²) in [4.78, 5) is 21.0. The Labute approximate surface area is 171 Å². The topological polar surface area (TPSA) is 90.1 Å². The lowest BCUT2D eigenvalue weighted by Crippen LogP contribution is -2.15. The third-order valence-corrected chi connectivity index (χ3v) is 4.33. The molecule has 0 saturated heterocycles. The largest absolute Gasteiger partial charge is 0.490 e. The van der Waals surface area contributed by atoms with Crippen molar-refractivity contribution in [2.45, 2.75) is 40.7 Å². The number of benzene rings is 2. The lowest BCUT2D eigenvalue weighted by molar-refractivity contribution is 0.0994. The third-order valence-electron chi connectivity index (χ3n) is 4.33. The number of primary amides is 1. The van der Waals surface area contributed by atoms with Crippen LogP contribution in [0.5, 0.6) is 5.75 Å². The molecule has 0 atom stereocenters. The highest BCUT2D eigenvalue weighted by Gasteiger charge is 2.15. The fourth-order valence-electron chi connectivity index (χ4n) is 3.20. The fourth-order valence-corrected chi connectivity index (χ4v) is 3.20. The molecule has 3 N–H and O–H groups in total. The van der Waals surface area contributed by atoms with Gasteiger partial charge in [0.15, 0.2) is 0 Å². The summed E-state index contributed by atoms with van der Waals surface area (Å²) in [6, 6.07) is 11.5. The van der Waals surface area contributed by atoms with Crippen molar-refractivity contribution in [3.63, 3.8) is 0 Å². The minimum absolute atomic E-state index is 0.0617. The van der Waals surface area contributed by atoms with Gasteiger partial charge in [0.05, 0.1) is 17.4 Å². The normalized spacial score (nSPS) is 10.8. The highest BCUT2D eigenvalue weighted by Crippen LogP contribution is 2.29. The van der Waals surface area contributed by atoms with Crippen molar-refractivity contribution in [2.75, 3.05) is 5.32 Å². The van der Waals surface area contributed by atoms with Gasteiger partial charge >= 0.3 is 0 Å². The van der Waals surface area contributed by atoms with Gasteiger partial charge in [-0.15, -0.1) is 0 Å². The summed E-state index contributed by atoms with van der Waals surface area (Å²) in [6.07, 6.45) is 1.70. The molecular formula is C23H26N4O2. The SMILES string of the molecule is Cc1cc(C)cc(Nc2ncc(C)c(-c3ccc(OC(C)C)c(C(N)=O)c3)n2)c1. The van der Waals surface area contributed by atoms with Gasteiger partial charge in [0, 0.05) is 17.4 Å². The second-order valence-electron chi connectivity index (χ2n) is 7.47. The number of nitrogens with one attached hydrogen (secondary N) is 1. The van der Waals surface area contributed by atoms with Crippen molar-refractivity contribution in [3.8, 4) is 17.0 Å². The zero-order valence-corrected chi connectivity index (χ0v) is 17.4. The van der Waals surface area contributed by atoms with Crippen molar-refractivity contribution >= 4 is 17.5 Å². The van der Waals surface area contributed by atoms with E-state index in [2.05, 4.69) is 21.4 Å². The summed E-state index contributed by atoms with van der Waals surface area (Å²) < 4.78 is 5.71. The molecule has 0 aliphatic rings. The molecule has 0 radical (unpaired) electrons. The summed E-state index contributed by atoms with van der Waals surface area (Å²) >= 11 is 0. The van der Waals surface area contributed by atoms with E-state index >= 15 is 0 Å². The maximum absolute atomic E-state index is 11.9. The second-order valence-corrected chi connectivity index (χ2v) is 7.47. The Morgan fingerprint density at radius 2 is 1.76 bits per heavy atom. The van der Waals surface area contributed by atoms with Gasteiger partial charge in [-0.3, -0.25) is 4.79 Å². The number of nitrogens with zero attached hydrogens (tertiary/aromatic N) is 2. The van der Waals surface area contributed by atoms with E-state index in [1.807, 2.05) is 52.8 Å². The van der Waals surface area contributed by atoms with Gasteiger partial charge in [0.1, 0.15) is 5.75 Å². The molecule has 2 aromatic carbocycles. The van der Waals surface area contributed by atoms with E-state index in [1.165, 1.54) is 0 Å². The van der Waals surface area contributed by atoms with E-state index in [0.717, 1.165) is 33.6 Å². The number of ether oxygens (including phenoxy) is 1. The molecule has 0 bridgehead atoms. The Hall–Kier alpha value is -3.41. The van der Waals surface area contributed by atoms with Crippen LogP contribution in [0, 0.1) is 20.8 Å². The highest BCUT2D eigenvalue weighted by atomic mass is 16.5. The first kappa shape index (κ1) is 20.3. The zero-order valence-electron chi connectivity index (χ0n) is 17.4. The zero-order chi connectivity index (χ0) is 21.1. The Bertz CT molecular complexity index is 1040. The van der Waals surface area contributed by atoms with Gasteiger partial charge in [-0.05, 0) is 81.6 Å². The molecule has 6 nitrogen and oxygen atoms in total. The van der Waals surface area contributed by atoms with Crippen LogP contribution in [0.2, 0.25) is 0 Å². The van der Waals surface area contributed by atoms with Crippen LogP contribution in [-0.2, 0) is 0 Å². The first-order valence-corrected chi connectivity index (χ1v) is 9.53. The summed E-state index contributed by atoms with van der Waals surface area (Å²) in [5.74, 6) is 0.415. The number of anilines is 2.